The molecule has 0 radical (unpaired) electrons. The Bertz CT molecular complexity index is 1170. The molecule has 0 spiro atoms. The molecule has 1 atom stereocenters. The van der Waals surface area contributed by atoms with Gasteiger partial charge in [-0.2, -0.15) is 4.98 Å². The van der Waals surface area contributed by atoms with Crippen molar-refractivity contribution in [2.45, 2.75) is 45.2 Å². The van der Waals surface area contributed by atoms with Gasteiger partial charge in [0.05, 0.1) is 17.9 Å². The summed E-state index contributed by atoms with van der Waals surface area (Å²) in [6, 6.07) is 12.9. The molecule has 1 aliphatic rings. The Morgan fingerprint density at radius 2 is 1.91 bits per heavy atom. The van der Waals surface area contributed by atoms with E-state index in [-0.39, 0.29) is 29.9 Å². The van der Waals surface area contributed by atoms with Crippen molar-refractivity contribution in [1.29, 1.82) is 0 Å². The Morgan fingerprint density at radius 1 is 1.14 bits per heavy atom. The summed E-state index contributed by atoms with van der Waals surface area (Å²) in [5.41, 5.74) is 1.44. The van der Waals surface area contributed by atoms with Gasteiger partial charge in [0.25, 0.3) is 5.56 Å². The van der Waals surface area contributed by atoms with Gasteiger partial charge >= 0.3 is 0 Å². The first kappa shape index (κ1) is 24.8. The number of carbonyl (C=O) groups excluding carboxylic acids is 1. The Kier molecular flexibility index (Phi) is 8.44. The topological polar surface area (TPSA) is 102 Å². The monoisotopic (exact) mass is 479 g/mol. The summed E-state index contributed by atoms with van der Waals surface area (Å²) in [6.45, 7) is 5.15. The van der Waals surface area contributed by atoms with E-state index in [4.69, 9.17) is 9.26 Å². The summed E-state index contributed by atoms with van der Waals surface area (Å²) in [5.74, 6) is 0.473. The molecule has 1 aliphatic heterocycles. The molecular formula is C26H33N5O4. The molecule has 1 N–H and O–H groups in total. The summed E-state index contributed by atoms with van der Waals surface area (Å²) >= 11 is 0. The van der Waals surface area contributed by atoms with E-state index in [0.29, 0.717) is 30.2 Å². The highest BCUT2D eigenvalue weighted by atomic mass is 16.5. The zero-order chi connectivity index (χ0) is 24.6. The lowest BCUT2D eigenvalue weighted by molar-refractivity contribution is -0.122. The van der Waals surface area contributed by atoms with Crippen LogP contribution in [0.15, 0.2) is 51.8 Å². The predicted molar refractivity (Wildman–Crippen MR) is 133 cm³/mol. The third-order valence-electron chi connectivity index (χ3n) is 6.17. The molecule has 1 amide bonds. The van der Waals surface area contributed by atoms with Crippen molar-refractivity contribution >= 4 is 5.91 Å². The molecule has 0 bridgehead atoms. The average Bonchev–Trinajstić information content (AvgIpc) is 3.34. The van der Waals surface area contributed by atoms with Gasteiger partial charge in [0.15, 0.2) is 0 Å². The third-order valence-corrected chi connectivity index (χ3v) is 6.17. The van der Waals surface area contributed by atoms with Crippen molar-refractivity contribution in [3.63, 3.8) is 0 Å². The molecule has 186 valence electrons. The molecule has 2 aromatic heterocycles. The van der Waals surface area contributed by atoms with Crippen molar-refractivity contribution in [2.75, 3.05) is 33.4 Å². The van der Waals surface area contributed by atoms with Crippen LogP contribution in [0.3, 0.4) is 0 Å². The lowest BCUT2D eigenvalue weighted by Gasteiger charge is -2.25. The van der Waals surface area contributed by atoms with Crippen LogP contribution in [0, 0.1) is 0 Å². The van der Waals surface area contributed by atoms with Gasteiger partial charge in [0.1, 0.15) is 6.54 Å². The number of hydrogen-bond acceptors (Lipinski definition) is 7. The smallest absolute Gasteiger partial charge is 0.262 e. The zero-order valence-electron chi connectivity index (χ0n) is 20.4. The molecule has 35 heavy (non-hydrogen) atoms. The summed E-state index contributed by atoms with van der Waals surface area (Å²) in [5, 5.41) is 6.94. The number of amides is 1. The Labute approximate surface area is 205 Å². The van der Waals surface area contributed by atoms with Crippen molar-refractivity contribution < 1.29 is 14.1 Å². The van der Waals surface area contributed by atoms with Crippen molar-refractivity contribution in [1.82, 2.24) is 24.9 Å². The molecule has 9 heteroatoms. The Balaban J connectivity index is 1.59. The molecule has 3 heterocycles. The predicted octanol–water partition coefficient (Wildman–Crippen LogP) is 2.74. The van der Waals surface area contributed by atoms with Crippen LogP contribution in [0.4, 0.5) is 0 Å². The van der Waals surface area contributed by atoms with Crippen LogP contribution in [0.25, 0.3) is 22.6 Å². The number of nitrogens with zero attached hydrogens (tertiary/aromatic N) is 4. The van der Waals surface area contributed by atoms with Crippen LogP contribution >= 0.6 is 0 Å². The van der Waals surface area contributed by atoms with E-state index in [2.05, 4.69) is 20.4 Å². The fourth-order valence-electron chi connectivity index (χ4n) is 4.42. The molecule has 1 saturated heterocycles. The highest BCUT2D eigenvalue weighted by Crippen LogP contribution is 2.21. The number of carbonyl (C=O) groups is 1. The van der Waals surface area contributed by atoms with Gasteiger partial charge < -0.3 is 19.5 Å². The standard InChI is InChI=1S/C26H33N5O4/c1-19(18-34-2)27-23(32)17-31-22(20-9-5-3-6-10-20)12-11-21(26(31)33)25-28-24(35-29-25)13-16-30-14-7-4-8-15-30/h3,5-6,9-12,19H,4,7-8,13-18H2,1-2H3,(H,27,32). The van der Waals surface area contributed by atoms with Crippen LogP contribution in [0.1, 0.15) is 32.1 Å². The Hall–Kier alpha value is -3.30. The number of ether oxygens (including phenoxy) is 1. The quantitative estimate of drug-likeness (QED) is 0.477. The van der Waals surface area contributed by atoms with Crippen molar-refractivity contribution in [3.8, 4) is 22.6 Å². The van der Waals surface area contributed by atoms with Crippen LogP contribution in [0.5, 0.6) is 0 Å². The molecule has 4 rings (SSSR count). The van der Waals surface area contributed by atoms with E-state index >= 15 is 0 Å². The number of rotatable bonds is 10. The first-order valence-corrected chi connectivity index (χ1v) is 12.2. The second-order valence-electron chi connectivity index (χ2n) is 8.98. The number of pyridine rings is 1. The lowest BCUT2D eigenvalue weighted by atomic mass is 10.1. The van der Waals surface area contributed by atoms with Crippen LogP contribution in [-0.4, -0.2) is 64.9 Å². The molecular weight excluding hydrogens is 446 g/mol. The van der Waals surface area contributed by atoms with Crippen LogP contribution in [-0.2, 0) is 22.5 Å². The minimum Gasteiger partial charge on any atom is -0.383 e. The largest absolute Gasteiger partial charge is 0.383 e. The van der Waals surface area contributed by atoms with Gasteiger partial charge in [0.2, 0.25) is 17.6 Å². The van der Waals surface area contributed by atoms with Crippen LogP contribution in [0.2, 0.25) is 0 Å². The van der Waals surface area contributed by atoms with Gasteiger partial charge in [-0.25, -0.2) is 0 Å². The fourth-order valence-corrected chi connectivity index (χ4v) is 4.42. The molecule has 1 aromatic carbocycles. The normalized spacial score (nSPS) is 15.1. The highest BCUT2D eigenvalue weighted by Gasteiger charge is 2.19. The minimum absolute atomic E-state index is 0.134. The number of hydrogen-bond donors (Lipinski definition) is 1. The molecule has 0 saturated carbocycles. The molecule has 1 unspecified atom stereocenters. The van der Waals surface area contributed by atoms with E-state index in [1.807, 2.05) is 43.3 Å². The maximum Gasteiger partial charge on any atom is 0.262 e. The van der Waals surface area contributed by atoms with E-state index in [9.17, 15) is 9.59 Å². The highest BCUT2D eigenvalue weighted by molar-refractivity contribution is 5.77. The van der Waals surface area contributed by atoms with Crippen molar-refractivity contribution in [3.05, 3.63) is 58.7 Å². The van der Waals surface area contributed by atoms with E-state index in [1.54, 1.807) is 13.2 Å². The fraction of sp³-hybridized carbons (Fsp3) is 0.462. The maximum atomic E-state index is 13.6. The molecule has 1 fully saturated rings. The number of piperidine rings is 1. The first-order valence-electron chi connectivity index (χ1n) is 12.2. The molecule has 9 nitrogen and oxygen atoms in total. The zero-order valence-corrected chi connectivity index (χ0v) is 20.4. The SMILES string of the molecule is COCC(C)NC(=O)Cn1c(-c2ccccc2)ccc(-c2noc(CCN3CCCCC3)n2)c1=O. The van der Waals surface area contributed by atoms with Gasteiger partial charge in [-0.15, -0.1) is 0 Å². The van der Waals surface area contributed by atoms with Crippen molar-refractivity contribution in [2.24, 2.45) is 0 Å². The van der Waals surface area contributed by atoms with Gasteiger partial charge in [-0.3, -0.25) is 14.2 Å². The van der Waals surface area contributed by atoms with Crippen LogP contribution < -0.4 is 10.9 Å². The second-order valence-corrected chi connectivity index (χ2v) is 8.98. The first-order chi connectivity index (χ1) is 17.0. The number of benzene rings is 1. The molecule has 0 aliphatic carbocycles. The summed E-state index contributed by atoms with van der Waals surface area (Å²) < 4.78 is 12.0. The maximum absolute atomic E-state index is 13.6. The van der Waals surface area contributed by atoms with Gasteiger partial charge in [-0.1, -0.05) is 41.9 Å². The second kappa shape index (κ2) is 11.9. The van der Waals surface area contributed by atoms with Gasteiger partial charge in [-0.05, 0) is 50.6 Å². The summed E-state index contributed by atoms with van der Waals surface area (Å²) in [6.07, 6.45) is 4.37. The summed E-state index contributed by atoms with van der Waals surface area (Å²) in [7, 11) is 1.58. The van der Waals surface area contributed by atoms with E-state index < -0.39 is 0 Å². The third kappa shape index (κ3) is 6.43. The number of methoxy groups -OCH3 is 1. The summed E-state index contributed by atoms with van der Waals surface area (Å²) in [4.78, 5) is 33.2. The lowest BCUT2D eigenvalue weighted by Crippen LogP contribution is -2.40. The number of likely N-dealkylation sites (tertiary alicyclic amines) is 1. The molecule has 3 aromatic rings. The Morgan fingerprint density at radius 3 is 2.66 bits per heavy atom. The van der Waals surface area contributed by atoms with E-state index in [1.165, 1.54) is 23.8 Å². The minimum atomic E-state index is -0.343. The average molecular weight is 480 g/mol. The number of nitrogens with one attached hydrogen (secondary N) is 1. The van der Waals surface area contributed by atoms with Gasteiger partial charge in [0, 0.05) is 26.1 Å². The number of aromatic nitrogens is 3. The van der Waals surface area contributed by atoms with E-state index in [0.717, 1.165) is 25.2 Å².